The molecule has 3 rings (SSSR count). The highest BCUT2D eigenvalue weighted by Crippen LogP contribution is 2.40. The maximum Gasteiger partial charge on any atom is 0.239 e. The lowest BCUT2D eigenvalue weighted by atomic mass is 10.3. The van der Waals surface area contributed by atoms with Gasteiger partial charge in [0.05, 0.1) is 20.0 Å². The lowest BCUT2D eigenvalue weighted by molar-refractivity contribution is -0.116. The van der Waals surface area contributed by atoms with Gasteiger partial charge in [-0.25, -0.2) is 9.37 Å². The van der Waals surface area contributed by atoms with E-state index < -0.39 is 0 Å². The molecular formula is C23H28FN3O3S2. The standard InChI is InChI=1S/C23H28FN3O3S2/c1-5-26(6-2)13-14-27(20(28)15-31-17-9-7-16(24)8-10-17)23-25-21-18(29-3)11-12-19(30-4)22(21)32-23/h7-12H,5-6,13-15H2,1-4H3. The Hall–Kier alpha value is -2.36. The zero-order valence-corrected chi connectivity index (χ0v) is 20.4. The maximum atomic E-state index is 13.3. The molecule has 6 nitrogen and oxygen atoms in total. The summed E-state index contributed by atoms with van der Waals surface area (Å²) in [4.78, 5) is 22.9. The second-order valence-electron chi connectivity index (χ2n) is 6.96. The van der Waals surface area contributed by atoms with Crippen LogP contribution in [0.2, 0.25) is 0 Å². The van der Waals surface area contributed by atoms with Gasteiger partial charge in [0, 0.05) is 18.0 Å². The number of amides is 1. The summed E-state index contributed by atoms with van der Waals surface area (Å²) in [6.45, 7) is 7.29. The fourth-order valence-corrected chi connectivity index (χ4v) is 5.14. The number of anilines is 1. The molecule has 0 bridgehead atoms. The van der Waals surface area contributed by atoms with E-state index in [0.717, 1.165) is 29.2 Å². The minimum absolute atomic E-state index is 0.0523. The predicted octanol–water partition coefficient (Wildman–Crippen LogP) is 4.92. The van der Waals surface area contributed by atoms with Gasteiger partial charge in [-0.1, -0.05) is 25.2 Å². The van der Waals surface area contributed by atoms with Crippen molar-refractivity contribution >= 4 is 44.4 Å². The highest BCUT2D eigenvalue weighted by atomic mass is 32.2. The first-order valence-electron chi connectivity index (χ1n) is 10.4. The van der Waals surface area contributed by atoms with Crippen LogP contribution in [0.25, 0.3) is 10.2 Å². The largest absolute Gasteiger partial charge is 0.495 e. The number of nitrogens with zero attached hydrogens (tertiary/aromatic N) is 3. The average Bonchev–Trinajstić information content (AvgIpc) is 3.26. The first kappa shape index (κ1) is 24.3. The summed E-state index contributed by atoms with van der Waals surface area (Å²) in [6.07, 6.45) is 0. The van der Waals surface area contributed by atoms with Crippen LogP contribution in [-0.2, 0) is 4.79 Å². The lowest BCUT2D eigenvalue weighted by Crippen LogP contribution is -2.39. The summed E-state index contributed by atoms with van der Waals surface area (Å²) in [5.74, 6) is 1.22. The minimum atomic E-state index is -0.293. The van der Waals surface area contributed by atoms with E-state index in [9.17, 15) is 9.18 Å². The number of carbonyl (C=O) groups excluding carboxylic acids is 1. The summed E-state index contributed by atoms with van der Waals surface area (Å²) in [5.41, 5.74) is 0.679. The zero-order chi connectivity index (χ0) is 23.1. The van der Waals surface area contributed by atoms with Crippen LogP contribution in [0.3, 0.4) is 0 Å². The Labute approximate surface area is 196 Å². The van der Waals surface area contributed by atoms with Crippen LogP contribution in [0.15, 0.2) is 41.3 Å². The Morgan fingerprint density at radius 2 is 1.69 bits per heavy atom. The molecule has 0 N–H and O–H groups in total. The smallest absolute Gasteiger partial charge is 0.239 e. The van der Waals surface area contributed by atoms with Crippen molar-refractivity contribution < 1.29 is 18.7 Å². The second-order valence-corrected chi connectivity index (χ2v) is 8.99. The number of aromatic nitrogens is 1. The Morgan fingerprint density at radius 1 is 1.03 bits per heavy atom. The molecule has 3 aromatic rings. The van der Waals surface area contributed by atoms with E-state index in [-0.39, 0.29) is 17.5 Å². The molecule has 172 valence electrons. The zero-order valence-electron chi connectivity index (χ0n) is 18.8. The van der Waals surface area contributed by atoms with Crippen LogP contribution in [0.5, 0.6) is 11.5 Å². The predicted molar refractivity (Wildman–Crippen MR) is 130 cm³/mol. The van der Waals surface area contributed by atoms with Gasteiger partial charge in [0.25, 0.3) is 0 Å². The number of benzene rings is 2. The van der Waals surface area contributed by atoms with Gasteiger partial charge in [-0.05, 0) is 49.5 Å². The quantitative estimate of drug-likeness (QED) is 0.366. The van der Waals surface area contributed by atoms with E-state index in [1.807, 2.05) is 12.1 Å². The molecule has 0 aliphatic rings. The third-order valence-corrected chi connectivity index (χ3v) is 7.23. The molecule has 0 fully saturated rings. The molecule has 1 aromatic heterocycles. The SMILES string of the molecule is CCN(CC)CCN(C(=O)CSc1ccc(F)cc1)c1nc2c(OC)ccc(OC)c2s1. The summed E-state index contributed by atoms with van der Waals surface area (Å²) < 4.78 is 25.0. The molecule has 0 unspecified atom stereocenters. The lowest BCUT2D eigenvalue weighted by Gasteiger charge is -2.24. The van der Waals surface area contributed by atoms with Crippen LogP contribution in [0, 0.1) is 5.82 Å². The molecule has 0 aliphatic carbocycles. The topological polar surface area (TPSA) is 54.9 Å². The van der Waals surface area contributed by atoms with Gasteiger partial charge in [0.1, 0.15) is 27.5 Å². The number of thiazole rings is 1. The highest BCUT2D eigenvalue weighted by Gasteiger charge is 2.23. The number of carbonyl (C=O) groups is 1. The van der Waals surface area contributed by atoms with Gasteiger partial charge in [0.2, 0.25) is 5.91 Å². The van der Waals surface area contributed by atoms with Crippen molar-refractivity contribution in [2.45, 2.75) is 18.7 Å². The van der Waals surface area contributed by atoms with Crippen LogP contribution in [0.1, 0.15) is 13.8 Å². The van der Waals surface area contributed by atoms with Gasteiger partial charge < -0.3 is 14.4 Å². The monoisotopic (exact) mass is 477 g/mol. The Morgan fingerprint density at radius 3 is 2.31 bits per heavy atom. The molecular weight excluding hydrogens is 449 g/mol. The van der Waals surface area contributed by atoms with Crippen molar-refractivity contribution in [1.29, 1.82) is 0 Å². The molecule has 0 radical (unpaired) electrons. The Kier molecular flexibility index (Phi) is 8.72. The van der Waals surface area contributed by atoms with Crippen LogP contribution < -0.4 is 14.4 Å². The van der Waals surface area contributed by atoms with E-state index in [0.29, 0.717) is 28.7 Å². The van der Waals surface area contributed by atoms with Crippen molar-refractivity contribution in [1.82, 2.24) is 9.88 Å². The summed E-state index contributed by atoms with van der Waals surface area (Å²) in [6, 6.07) is 9.82. The van der Waals surface area contributed by atoms with Crippen molar-refractivity contribution in [3.8, 4) is 11.5 Å². The molecule has 0 saturated carbocycles. The Balaban J connectivity index is 1.89. The molecule has 9 heteroatoms. The number of likely N-dealkylation sites (N-methyl/N-ethyl adjacent to an activating group) is 1. The summed E-state index contributed by atoms with van der Waals surface area (Å²) in [7, 11) is 3.21. The number of thioether (sulfide) groups is 1. The maximum absolute atomic E-state index is 13.3. The minimum Gasteiger partial charge on any atom is -0.495 e. The number of hydrogen-bond donors (Lipinski definition) is 0. The van der Waals surface area contributed by atoms with Crippen LogP contribution in [-0.4, -0.2) is 61.9 Å². The number of ether oxygens (including phenoxy) is 2. The van der Waals surface area contributed by atoms with Gasteiger partial charge in [0.15, 0.2) is 5.13 Å². The molecule has 32 heavy (non-hydrogen) atoms. The van der Waals surface area contributed by atoms with E-state index in [1.54, 1.807) is 31.3 Å². The first-order chi connectivity index (χ1) is 15.5. The van der Waals surface area contributed by atoms with Crippen LogP contribution in [0.4, 0.5) is 9.52 Å². The van der Waals surface area contributed by atoms with Crippen molar-refractivity contribution in [3.63, 3.8) is 0 Å². The van der Waals surface area contributed by atoms with Gasteiger partial charge in [-0.3, -0.25) is 9.69 Å². The number of methoxy groups -OCH3 is 2. The molecule has 1 heterocycles. The van der Waals surface area contributed by atoms with Crippen LogP contribution >= 0.6 is 23.1 Å². The number of hydrogen-bond acceptors (Lipinski definition) is 7. The highest BCUT2D eigenvalue weighted by molar-refractivity contribution is 8.00. The molecule has 0 atom stereocenters. The number of halogens is 1. The van der Waals surface area contributed by atoms with Crippen molar-refractivity contribution in [2.24, 2.45) is 0 Å². The molecule has 1 amide bonds. The summed E-state index contributed by atoms with van der Waals surface area (Å²) in [5, 5.41) is 0.611. The first-order valence-corrected chi connectivity index (χ1v) is 12.2. The third kappa shape index (κ3) is 5.70. The fourth-order valence-electron chi connectivity index (χ4n) is 3.25. The average molecular weight is 478 g/mol. The summed E-state index contributed by atoms with van der Waals surface area (Å²) >= 11 is 2.80. The normalized spacial score (nSPS) is 11.2. The molecule has 0 saturated heterocycles. The third-order valence-electron chi connectivity index (χ3n) is 5.14. The molecule has 0 spiro atoms. The molecule has 2 aromatic carbocycles. The Bertz CT molecular complexity index is 998. The van der Waals surface area contributed by atoms with Gasteiger partial charge in [-0.15, -0.1) is 11.8 Å². The van der Waals surface area contributed by atoms with E-state index in [2.05, 4.69) is 18.7 Å². The van der Waals surface area contributed by atoms with Gasteiger partial charge >= 0.3 is 0 Å². The van der Waals surface area contributed by atoms with E-state index >= 15 is 0 Å². The van der Waals surface area contributed by atoms with E-state index in [4.69, 9.17) is 14.5 Å². The van der Waals surface area contributed by atoms with Crippen molar-refractivity contribution in [2.75, 3.05) is 51.1 Å². The van der Waals surface area contributed by atoms with Crippen molar-refractivity contribution in [3.05, 3.63) is 42.2 Å². The van der Waals surface area contributed by atoms with Gasteiger partial charge in [-0.2, -0.15) is 0 Å². The molecule has 0 aliphatic heterocycles. The van der Waals surface area contributed by atoms with E-state index in [1.165, 1.54) is 35.2 Å². The number of rotatable bonds is 11. The number of fused-ring (bicyclic) bond motifs is 1. The fraction of sp³-hybridized carbons (Fsp3) is 0.391. The second kappa shape index (κ2) is 11.5.